The summed E-state index contributed by atoms with van der Waals surface area (Å²) in [6, 6.07) is 18.8. The highest BCUT2D eigenvalue weighted by Crippen LogP contribution is 2.38. The maximum atomic E-state index is 6.19. The van der Waals surface area contributed by atoms with Gasteiger partial charge in [0.2, 0.25) is 0 Å². The van der Waals surface area contributed by atoms with Crippen LogP contribution in [-0.4, -0.2) is 16.4 Å². The molecule has 24 heavy (non-hydrogen) atoms. The number of benzene rings is 2. The lowest BCUT2D eigenvalue weighted by Crippen LogP contribution is -2.14. The average Bonchev–Trinajstić information content (AvgIpc) is 2.82. The number of nitrogen functional groups attached to an aromatic ring is 1. The van der Waals surface area contributed by atoms with Crippen LogP contribution in [0.15, 0.2) is 54.6 Å². The number of anilines is 1. The minimum absolute atomic E-state index is 0.111. The lowest BCUT2D eigenvalue weighted by molar-refractivity contribution is 0.315. The molecule has 2 aromatic carbocycles. The second-order valence-corrected chi connectivity index (χ2v) is 6.28. The van der Waals surface area contributed by atoms with Crippen molar-refractivity contribution in [3.8, 4) is 16.9 Å². The Balaban J connectivity index is 1.83. The Hall–Kier alpha value is -2.75. The molecule has 1 aliphatic heterocycles. The molecule has 0 spiro atoms. The van der Waals surface area contributed by atoms with E-state index in [2.05, 4.69) is 47.6 Å². The van der Waals surface area contributed by atoms with Gasteiger partial charge in [-0.3, -0.25) is 0 Å². The molecule has 1 unspecified atom stereocenters. The van der Waals surface area contributed by atoms with E-state index in [0.717, 1.165) is 36.5 Å². The number of nitrogens with zero attached hydrogens (tertiary/aromatic N) is 2. The van der Waals surface area contributed by atoms with Crippen LogP contribution in [0.3, 0.4) is 0 Å². The Kier molecular flexibility index (Phi) is 3.73. The van der Waals surface area contributed by atoms with E-state index in [1.165, 1.54) is 11.1 Å². The molecular formula is C20H21N3O. The number of rotatable bonds is 2. The molecule has 3 aromatic rings. The summed E-state index contributed by atoms with van der Waals surface area (Å²) >= 11 is 0. The zero-order valence-corrected chi connectivity index (χ0v) is 13.8. The molecule has 2 N–H and O–H groups in total. The molecule has 4 nitrogen and oxygen atoms in total. The fraction of sp³-hybridized carbons (Fsp3) is 0.250. The van der Waals surface area contributed by atoms with Gasteiger partial charge < -0.3 is 10.5 Å². The largest absolute Gasteiger partial charge is 0.493 e. The van der Waals surface area contributed by atoms with E-state index in [9.17, 15) is 0 Å². The topological polar surface area (TPSA) is 53.1 Å². The minimum atomic E-state index is 0.111. The second-order valence-electron chi connectivity index (χ2n) is 6.28. The summed E-state index contributed by atoms with van der Waals surface area (Å²) in [6.45, 7) is 2.70. The zero-order valence-electron chi connectivity index (χ0n) is 13.8. The smallest absolute Gasteiger partial charge is 0.124 e. The van der Waals surface area contributed by atoms with Crippen LogP contribution in [-0.2, 0) is 0 Å². The summed E-state index contributed by atoms with van der Waals surface area (Å²) in [5, 5.41) is 4.61. The second kappa shape index (κ2) is 6.04. The fourth-order valence-corrected chi connectivity index (χ4v) is 3.41. The van der Waals surface area contributed by atoms with Crippen molar-refractivity contribution >= 4 is 5.82 Å². The van der Waals surface area contributed by atoms with Crippen molar-refractivity contribution in [2.45, 2.75) is 25.8 Å². The molecule has 4 heteroatoms. The summed E-state index contributed by atoms with van der Waals surface area (Å²) in [5.41, 5.74) is 10.7. The Morgan fingerprint density at radius 3 is 2.67 bits per heavy atom. The maximum absolute atomic E-state index is 6.19. The third kappa shape index (κ3) is 2.64. The van der Waals surface area contributed by atoms with Crippen LogP contribution in [0, 0.1) is 6.92 Å². The molecule has 0 saturated carbocycles. The summed E-state index contributed by atoms with van der Waals surface area (Å²) < 4.78 is 7.90. The van der Waals surface area contributed by atoms with E-state index in [0.29, 0.717) is 5.82 Å². The van der Waals surface area contributed by atoms with E-state index in [1.807, 2.05) is 23.7 Å². The van der Waals surface area contributed by atoms with Crippen molar-refractivity contribution in [1.82, 2.24) is 9.78 Å². The average molecular weight is 319 g/mol. The van der Waals surface area contributed by atoms with E-state index in [4.69, 9.17) is 10.5 Å². The standard InChI is InChI=1S/C20H21N3O/c1-14-12-20(21)23(22-14)18-8-5-11-24-19-10-9-16(13-17(18)19)15-6-3-2-4-7-15/h2-4,6-7,9-10,12-13,18H,5,8,11,21H2,1H3. The highest BCUT2D eigenvalue weighted by Gasteiger charge is 2.24. The number of aryl methyl sites for hydroxylation is 1. The van der Waals surface area contributed by atoms with Crippen molar-refractivity contribution in [1.29, 1.82) is 0 Å². The third-order valence-corrected chi connectivity index (χ3v) is 4.54. The van der Waals surface area contributed by atoms with Gasteiger partial charge in [0.25, 0.3) is 0 Å². The van der Waals surface area contributed by atoms with Crippen LogP contribution in [0.25, 0.3) is 11.1 Å². The predicted octanol–water partition coefficient (Wildman–Crippen LogP) is 4.20. The van der Waals surface area contributed by atoms with Gasteiger partial charge in [-0.2, -0.15) is 5.10 Å². The molecule has 1 aliphatic rings. The van der Waals surface area contributed by atoms with E-state index < -0.39 is 0 Å². The Morgan fingerprint density at radius 2 is 1.92 bits per heavy atom. The first-order chi connectivity index (χ1) is 11.7. The molecule has 1 aromatic heterocycles. The maximum Gasteiger partial charge on any atom is 0.124 e. The monoisotopic (exact) mass is 319 g/mol. The van der Waals surface area contributed by atoms with Gasteiger partial charge >= 0.3 is 0 Å². The van der Waals surface area contributed by atoms with Gasteiger partial charge in [-0.1, -0.05) is 36.4 Å². The highest BCUT2D eigenvalue weighted by molar-refractivity contribution is 5.66. The minimum Gasteiger partial charge on any atom is -0.493 e. The number of hydrogen-bond acceptors (Lipinski definition) is 3. The molecule has 0 saturated heterocycles. The number of ether oxygens (including phenoxy) is 1. The third-order valence-electron chi connectivity index (χ3n) is 4.54. The highest BCUT2D eigenvalue weighted by atomic mass is 16.5. The number of hydrogen-bond donors (Lipinski definition) is 1. The van der Waals surface area contributed by atoms with Crippen molar-refractivity contribution in [2.75, 3.05) is 12.3 Å². The van der Waals surface area contributed by atoms with Crippen LogP contribution in [0.4, 0.5) is 5.82 Å². The van der Waals surface area contributed by atoms with Crippen molar-refractivity contribution < 1.29 is 4.74 Å². The fourth-order valence-electron chi connectivity index (χ4n) is 3.41. The van der Waals surface area contributed by atoms with Gasteiger partial charge in [0, 0.05) is 11.6 Å². The van der Waals surface area contributed by atoms with Gasteiger partial charge in [0.05, 0.1) is 18.3 Å². The summed E-state index contributed by atoms with van der Waals surface area (Å²) in [5.74, 6) is 1.64. The molecule has 2 heterocycles. The summed E-state index contributed by atoms with van der Waals surface area (Å²) in [4.78, 5) is 0. The summed E-state index contributed by atoms with van der Waals surface area (Å²) in [7, 11) is 0. The lowest BCUT2D eigenvalue weighted by atomic mass is 9.97. The molecular weight excluding hydrogens is 298 g/mol. The van der Waals surface area contributed by atoms with Gasteiger partial charge in [-0.15, -0.1) is 0 Å². The zero-order chi connectivity index (χ0) is 16.5. The summed E-state index contributed by atoms with van der Waals surface area (Å²) in [6.07, 6.45) is 1.95. The van der Waals surface area contributed by atoms with Crippen molar-refractivity contribution in [3.63, 3.8) is 0 Å². The van der Waals surface area contributed by atoms with Gasteiger partial charge in [-0.25, -0.2) is 4.68 Å². The molecule has 0 amide bonds. The van der Waals surface area contributed by atoms with Gasteiger partial charge in [0.15, 0.2) is 0 Å². The van der Waals surface area contributed by atoms with Crippen LogP contribution < -0.4 is 10.5 Å². The van der Waals surface area contributed by atoms with Crippen LogP contribution in [0.1, 0.15) is 30.1 Å². The Bertz CT molecular complexity index is 855. The van der Waals surface area contributed by atoms with Crippen molar-refractivity contribution in [3.05, 3.63) is 65.9 Å². The number of aromatic nitrogens is 2. The Morgan fingerprint density at radius 1 is 1.08 bits per heavy atom. The molecule has 4 rings (SSSR count). The quantitative estimate of drug-likeness (QED) is 0.770. The van der Waals surface area contributed by atoms with E-state index >= 15 is 0 Å². The van der Waals surface area contributed by atoms with Crippen LogP contribution in [0.5, 0.6) is 5.75 Å². The first-order valence-corrected chi connectivity index (χ1v) is 8.36. The molecule has 0 bridgehead atoms. The van der Waals surface area contributed by atoms with Crippen LogP contribution >= 0.6 is 0 Å². The lowest BCUT2D eigenvalue weighted by Gasteiger charge is -2.19. The van der Waals surface area contributed by atoms with Gasteiger partial charge in [0.1, 0.15) is 11.6 Å². The first kappa shape index (κ1) is 14.8. The molecule has 0 fully saturated rings. The molecule has 122 valence electrons. The van der Waals surface area contributed by atoms with Crippen LogP contribution in [0.2, 0.25) is 0 Å². The normalized spacial score (nSPS) is 17.0. The van der Waals surface area contributed by atoms with E-state index in [-0.39, 0.29) is 6.04 Å². The van der Waals surface area contributed by atoms with E-state index in [1.54, 1.807) is 0 Å². The first-order valence-electron chi connectivity index (χ1n) is 8.36. The molecule has 0 radical (unpaired) electrons. The Labute approximate surface area is 141 Å². The number of nitrogens with two attached hydrogens (primary N) is 1. The number of fused-ring (bicyclic) bond motifs is 1. The molecule has 0 aliphatic carbocycles. The predicted molar refractivity (Wildman–Crippen MR) is 96.1 cm³/mol. The molecule has 1 atom stereocenters. The SMILES string of the molecule is Cc1cc(N)n(C2CCCOc3ccc(-c4ccccc4)cc32)n1. The van der Waals surface area contributed by atoms with Gasteiger partial charge in [-0.05, 0) is 43.0 Å². The van der Waals surface area contributed by atoms with Crippen molar-refractivity contribution in [2.24, 2.45) is 0 Å².